The van der Waals surface area contributed by atoms with Gasteiger partial charge in [0.15, 0.2) is 0 Å². The van der Waals surface area contributed by atoms with Crippen molar-refractivity contribution in [2.24, 2.45) is 0 Å². The summed E-state index contributed by atoms with van der Waals surface area (Å²) >= 11 is 0. The van der Waals surface area contributed by atoms with E-state index in [0.717, 1.165) is 48.7 Å². The molecule has 4 aromatic rings. The average Bonchev–Trinajstić information content (AvgIpc) is 3.26. The Morgan fingerprint density at radius 1 is 0.972 bits per heavy atom. The van der Waals surface area contributed by atoms with E-state index < -0.39 is 0 Å². The molecular formula is C30H31FN4O. The minimum Gasteiger partial charge on any atom is -0.330 e. The van der Waals surface area contributed by atoms with E-state index in [9.17, 15) is 9.18 Å². The SMILES string of the molecule is CC(C)N(Cc1nn(-c2ccc(F)cc2)c2c1CN(Cc1ccccc1)CC2)C(=O)c1ccccc1. The van der Waals surface area contributed by atoms with Gasteiger partial charge < -0.3 is 4.90 Å². The van der Waals surface area contributed by atoms with Gasteiger partial charge in [-0.2, -0.15) is 5.10 Å². The molecule has 0 saturated carbocycles. The van der Waals surface area contributed by atoms with Crippen LogP contribution in [0.2, 0.25) is 0 Å². The van der Waals surface area contributed by atoms with Crippen LogP contribution < -0.4 is 0 Å². The number of hydrogen-bond acceptors (Lipinski definition) is 3. The van der Waals surface area contributed by atoms with Crippen molar-refractivity contribution in [2.45, 2.75) is 45.9 Å². The van der Waals surface area contributed by atoms with Crippen molar-refractivity contribution in [2.75, 3.05) is 6.54 Å². The van der Waals surface area contributed by atoms with E-state index in [1.54, 1.807) is 12.1 Å². The van der Waals surface area contributed by atoms with Crippen LogP contribution in [0.1, 0.15) is 46.7 Å². The molecule has 1 aliphatic heterocycles. The largest absolute Gasteiger partial charge is 0.330 e. The van der Waals surface area contributed by atoms with E-state index in [1.165, 1.54) is 17.7 Å². The van der Waals surface area contributed by atoms with E-state index in [-0.39, 0.29) is 17.8 Å². The van der Waals surface area contributed by atoms with Crippen molar-refractivity contribution in [3.05, 3.63) is 119 Å². The van der Waals surface area contributed by atoms with E-state index in [4.69, 9.17) is 5.10 Å². The van der Waals surface area contributed by atoms with Crippen LogP contribution in [-0.4, -0.2) is 38.1 Å². The molecule has 1 aromatic heterocycles. The lowest BCUT2D eigenvalue weighted by Gasteiger charge is -2.29. The predicted octanol–water partition coefficient (Wildman–Crippen LogP) is 5.62. The number of benzene rings is 3. The monoisotopic (exact) mass is 482 g/mol. The Hall–Kier alpha value is -3.77. The number of aromatic nitrogens is 2. The number of hydrogen-bond donors (Lipinski definition) is 0. The lowest BCUT2D eigenvalue weighted by molar-refractivity contribution is 0.0686. The van der Waals surface area contributed by atoms with Crippen LogP contribution in [0.15, 0.2) is 84.9 Å². The standard InChI is InChI=1S/C30H31FN4O/c1-22(2)34(30(36)24-11-7-4-8-12-24)21-28-27-20-33(19-23-9-5-3-6-10-23)18-17-29(27)35(32-28)26-15-13-25(31)14-16-26/h3-16,22H,17-21H2,1-2H3. The molecule has 0 fully saturated rings. The van der Waals surface area contributed by atoms with Gasteiger partial charge in [-0.05, 0) is 55.8 Å². The lowest BCUT2D eigenvalue weighted by atomic mass is 10.0. The van der Waals surface area contributed by atoms with E-state index >= 15 is 0 Å². The maximum atomic E-state index is 13.6. The summed E-state index contributed by atoms with van der Waals surface area (Å²) in [5, 5.41) is 5.01. The normalized spacial score (nSPS) is 13.6. The molecule has 1 amide bonds. The summed E-state index contributed by atoms with van der Waals surface area (Å²) in [5.41, 5.74) is 5.97. The molecule has 36 heavy (non-hydrogen) atoms. The van der Waals surface area contributed by atoms with Crippen molar-refractivity contribution in [1.82, 2.24) is 19.6 Å². The topological polar surface area (TPSA) is 41.4 Å². The minimum absolute atomic E-state index is 0.00682. The smallest absolute Gasteiger partial charge is 0.254 e. The molecule has 5 nitrogen and oxygen atoms in total. The molecule has 0 N–H and O–H groups in total. The number of nitrogens with zero attached hydrogens (tertiary/aromatic N) is 4. The van der Waals surface area contributed by atoms with Gasteiger partial charge in [-0.25, -0.2) is 9.07 Å². The molecule has 5 rings (SSSR count). The highest BCUT2D eigenvalue weighted by atomic mass is 19.1. The number of carbonyl (C=O) groups excluding carboxylic acids is 1. The molecule has 0 spiro atoms. The first-order valence-corrected chi connectivity index (χ1v) is 12.5. The number of amides is 1. The summed E-state index contributed by atoms with van der Waals surface area (Å²) in [7, 11) is 0. The molecule has 0 bridgehead atoms. The summed E-state index contributed by atoms with van der Waals surface area (Å²) in [6.07, 6.45) is 0.834. The van der Waals surface area contributed by atoms with Crippen molar-refractivity contribution in [3.8, 4) is 5.69 Å². The maximum absolute atomic E-state index is 13.6. The van der Waals surface area contributed by atoms with Crippen molar-refractivity contribution in [1.29, 1.82) is 0 Å². The van der Waals surface area contributed by atoms with Crippen molar-refractivity contribution < 1.29 is 9.18 Å². The summed E-state index contributed by atoms with van der Waals surface area (Å²) in [4.78, 5) is 17.7. The molecule has 0 saturated heterocycles. The van der Waals surface area contributed by atoms with Crippen LogP contribution in [-0.2, 0) is 26.1 Å². The molecule has 0 unspecified atom stereocenters. The van der Waals surface area contributed by atoms with E-state index in [1.807, 2.05) is 59.8 Å². The second-order valence-corrected chi connectivity index (χ2v) is 9.60. The van der Waals surface area contributed by atoms with Crippen LogP contribution in [0.25, 0.3) is 5.69 Å². The van der Waals surface area contributed by atoms with Crippen LogP contribution >= 0.6 is 0 Å². The van der Waals surface area contributed by atoms with Crippen LogP contribution in [0.4, 0.5) is 4.39 Å². The number of fused-ring (bicyclic) bond motifs is 1. The quantitative estimate of drug-likeness (QED) is 0.343. The molecule has 3 aromatic carbocycles. The molecule has 1 aliphatic rings. The van der Waals surface area contributed by atoms with Crippen LogP contribution in [0.3, 0.4) is 0 Å². The average molecular weight is 483 g/mol. The van der Waals surface area contributed by atoms with Gasteiger partial charge >= 0.3 is 0 Å². The molecular weight excluding hydrogens is 451 g/mol. The molecule has 0 radical (unpaired) electrons. The second-order valence-electron chi connectivity index (χ2n) is 9.60. The van der Waals surface area contributed by atoms with E-state index in [0.29, 0.717) is 12.1 Å². The fraction of sp³-hybridized carbons (Fsp3) is 0.267. The van der Waals surface area contributed by atoms with Gasteiger partial charge in [0.2, 0.25) is 0 Å². The number of halogens is 1. The summed E-state index contributed by atoms with van der Waals surface area (Å²) in [6.45, 7) is 7.01. The Morgan fingerprint density at radius 3 is 2.31 bits per heavy atom. The Balaban J connectivity index is 1.50. The van der Waals surface area contributed by atoms with Crippen LogP contribution in [0.5, 0.6) is 0 Å². The zero-order valence-electron chi connectivity index (χ0n) is 20.8. The van der Waals surface area contributed by atoms with Crippen LogP contribution in [0, 0.1) is 5.82 Å². The summed E-state index contributed by atoms with van der Waals surface area (Å²) in [5.74, 6) is -0.277. The van der Waals surface area contributed by atoms with Gasteiger partial charge in [-0.1, -0.05) is 48.5 Å². The van der Waals surface area contributed by atoms with Crippen molar-refractivity contribution >= 4 is 5.91 Å². The molecule has 2 heterocycles. The highest BCUT2D eigenvalue weighted by Gasteiger charge is 2.28. The van der Waals surface area contributed by atoms with Gasteiger partial charge in [-0.15, -0.1) is 0 Å². The molecule has 0 aliphatic carbocycles. The first-order chi connectivity index (χ1) is 17.5. The summed E-state index contributed by atoms with van der Waals surface area (Å²) in [6, 6.07) is 26.3. The zero-order chi connectivity index (χ0) is 25.1. The molecule has 184 valence electrons. The van der Waals surface area contributed by atoms with E-state index in [2.05, 4.69) is 29.2 Å². The zero-order valence-corrected chi connectivity index (χ0v) is 20.8. The number of rotatable bonds is 7. The Bertz CT molecular complexity index is 1320. The Kier molecular flexibility index (Phi) is 6.96. The third-order valence-electron chi connectivity index (χ3n) is 6.76. The molecule has 6 heteroatoms. The highest BCUT2D eigenvalue weighted by molar-refractivity contribution is 5.94. The Labute approximate surface area is 211 Å². The maximum Gasteiger partial charge on any atom is 0.254 e. The highest BCUT2D eigenvalue weighted by Crippen LogP contribution is 2.28. The third-order valence-corrected chi connectivity index (χ3v) is 6.76. The third kappa shape index (κ3) is 5.09. The fourth-order valence-corrected chi connectivity index (χ4v) is 4.84. The number of carbonyl (C=O) groups is 1. The molecule has 0 atom stereocenters. The van der Waals surface area contributed by atoms with Gasteiger partial charge in [0.05, 0.1) is 23.6 Å². The first kappa shape index (κ1) is 23.9. The Morgan fingerprint density at radius 2 is 1.64 bits per heavy atom. The van der Waals surface area contributed by atoms with Gasteiger partial charge in [0, 0.05) is 43.2 Å². The lowest BCUT2D eigenvalue weighted by Crippen LogP contribution is -2.37. The minimum atomic E-state index is -0.270. The predicted molar refractivity (Wildman–Crippen MR) is 139 cm³/mol. The summed E-state index contributed by atoms with van der Waals surface area (Å²) < 4.78 is 15.6. The van der Waals surface area contributed by atoms with Crippen molar-refractivity contribution in [3.63, 3.8) is 0 Å². The van der Waals surface area contributed by atoms with Gasteiger partial charge in [0.1, 0.15) is 5.82 Å². The van der Waals surface area contributed by atoms with Gasteiger partial charge in [0.25, 0.3) is 5.91 Å². The second kappa shape index (κ2) is 10.5. The first-order valence-electron chi connectivity index (χ1n) is 12.5. The fourth-order valence-electron chi connectivity index (χ4n) is 4.84. The van der Waals surface area contributed by atoms with Gasteiger partial charge in [-0.3, -0.25) is 9.69 Å².